The molecule has 2 aromatic carbocycles. The Labute approximate surface area is 125 Å². The summed E-state index contributed by atoms with van der Waals surface area (Å²) >= 11 is 5.75. The molecule has 8 heteroatoms. The van der Waals surface area contributed by atoms with Crippen molar-refractivity contribution in [3.05, 3.63) is 58.9 Å². The topological polar surface area (TPSA) is 83.5 Å². The fourth-order valence-electron chi connectivity index (χ4n) is 1.57. The van der Waals surface area contributed by atoms with Gasteiger partial charge in [0.1, 0.15) is 10.7 Å². The van der Waals surface area contributed by atoms with Crippen LogP contribution in [0.15, 0.2) is 47.4 Å². The van der Waals surface area contributed by atoms with Crippen molar-refractivity contribution in [2.75, 3.05) is 4.72 Å². The SMILES string of the molecule is O=C(O)c1ccc(NS(=O)(=O)c2cc(F)ccc2Cl)cc1. The molecule has 0 fully saturated rings. The van der Waals surface area contributed by atoms with Crippen LogP contribution in [0, 0.1) is 5.82 Å². The maximum atomic E-state index is 13.1. The van der Waals surface area contributed by atoms with E-state index in [-0.39, 0.29) is 16.3 Å². The molecule has 0 aliphatic heterocycles. The molecule has 110 valence electrons. The number of hydrogen-bond acceptors (Lipinski definition) is 3. The molecule has 0 radical (unpaired) electrons. The molecule has 0 aliphatic carbocycles. The van der Waals surface area contributed by atoms with Crippen LogP contribution in [0.5, 0.6) is 0 Å². The molecule has 2 rings (SSSR count). The molecule has 0 spiro atoms. The largest absolute Gasteiger partial charge is 0.478 e. The van der Waals surface area contributed by atoms with E-state index < -0.39 is 26.7 Å². The van der Waals surface area contributed by atoms with Crippen molar-refractivity contribution in [1.29, 1.82) is 0 Å². The Bertz CT molecular complexity index is 790. The average Bonchev–Trinajstić information content (AvgIpc) is 2.41. The summed E-state index contributed by atoms with van der Waals surface area (Å²) in [5.41, 5.74) is 0.155. The van der Waals surface area contributed by atoms with Crippen LogP contribution in [-0.4, -0.2) is 19.5 Å². The van der Waals surface area contributed by atoms with Crippen LogP contribution in [0.3, 0.4) is 0 Å². The minimum Gasteiger partial charge on any atom is -0.478 e. The molecule has 0 bridgehead atoms. The Morgan fingerprint density at radius 1 is 1.14 bits per heavy atom. The zero-order chi connectivity index (χ0) is 15.6. The predicted octanol–water partition coefficient (Wildman–Crippen LogP) is 2.98. The Hall–Kier alpha value is -2.12. The number of nitrogens with one attached hydrogen (secondary N) is 1. The first kappa shape index (κ1) is 15.3. The minimum atomic E-state index is -4.07. The summed E-state index contributed by atoms with van der Waals surface area (Å²) in [5.74, 6) is -1.86. The van der Waals surface area contributed by atoms with Gasteiger partial charge in [0.2, 0.25) is 0 Å². The van der Waals surface area contributed by atoms with E-state index in [9.17, 15) is 17.6 Å². The van der Waals surface area contributed by atoms with Crippen LogP contribution in [0.4, 0.5) is 10.1 Å². The van der Waals surface area contributed by atoms with Crippen molar-refractivity contribution >= 4 is 33.3 Å². The van der Waals surface area contributed by atoms with E-state index in [2.05, 4.69) is 4.72 Å². The van der Waals surface area contributed by atoms with Gasteiger partial charge in [-0.3, -0.25) is 4.72 Å². The van der Waals surface area contributed by atoms with Gasteiger partial charge in [-0.1, -0.05) is 11.6 Å². The lowest BCUT2D eigenvalue weighted by Gasteiger charge is -2.09. The maximum Gasteiger partial charge on any atom is 0.335 e. The summed E-state index contributed by atoms with van der Waals surface area (Å²) in [6.45, 7) is 0. The van der Waals surface area contributed by atoms with Gasteiger partial charge >= 0.3 is 5.97 Å². The fourth-order valence-corrected chi connectivity index (χ4v) is 3.15. The molecule has 2 N–H and O–H groups in total. The highest BCUT2D eigenvalue weighted by Crippen LogP contribution is 2.24. The van der Waals surface area contributed by atoms with E-state index in [1.807, 2.05) is 0 Å². The molecule has 0 aliphatic rings. The Morgan fingerprint density at radius 3 is 2.33 bits per heavy atom. The standard InChI is InChI=1S/C13H9ClFNO4S/c14-11-6-3-9(15)7-12(11)21(19,20)16-10-4-1-8(2-5-10)13(17)18/h1-7,16H,(H,17,18). The lowest BCUT2D eigenvalue weighted by atomic mass is 10.2. The number of halogens is 2. The summed E-state index contributed by atoms with van der Waals surface area (Å²) in [7, 11) is -4.07. The van der Waals surface area contributed by atoms with Crippen LogP contribution in [-0.2, 0) is 10.0 Å². The van der Waals surface area contributed by atoms with E-state index in [1.165, 1.54) is 24.3 Å². The van der Waals surface area contributed by atoms with Gasteiger partial charge in [0.05, 0.1) is 10.6 Å². The van der Waals surface area contributed by atoms with E-state index in [4.69, 9.17) is 16.7 Å². The van der Waals surface area contributed by atoms with Crippen LogP contribution in [0.2, 0.25) is 5.02 Å². The van der Waals surface area contributed by atoms with E-state index in [0.29, 0.717) is 0 Å². The molecule has 0 amide bonds. The molecule has 0 saturated heterocycles. The summed E-state index contributed by atoms with van der Waals surface area (Å²) < 4.78 is 39.6. The normalized spacial score (nSPS) is 11.1. The fraction of sp³-hybridized carbons (Fsp3) is 0. The van der Waals surface area contributed by atoms with Crippen LogP contribution >= 0.6 is 11.6 Å². The second-order valence-corrected chi connectivity index (χ2v) is 6.12. The van der Waals surface area contributed by atoms with Gasteiger partial charge in [0.25, 0.3) is 10.0 Å². The summed E-state index contributed by atoms with van der Waals surface area (Å²) in [4.78, 5) is 10.3. The molecular formula is C13H9ClFNO4S. The second kappa shape index (κ2) is 5.71. The van der Waals surface area contributed by atoms with Gasteiger partial charge in [-0.2, -0.15) is 0 Å². The van der Waals surface area contributed by atoms with Gasteiger partial charge < -0.3 is 5.11 Å². The monoisotopic (exact) mass is 329 g/mol. The Balaban J connectivity index is 2.33. The average molecular weight is 330 g/mol. The van der Waals surface area contributed by atoms with Crippen molar-refractivity contribution in [1.82, 2.24) is 0 Å². The van der Waals surface area contributed by atoms with Gasteiger partial charge in [-0.25, -0.2) is 17.6 Å². The number of carboxylic acid groups (broad SMARTS) is 1. The van der Waals surface area contributed by atoms with Gasteiger partial charge in [-0.05, 0) is 42.5 Å². The Kier molecular flexibility index (Phi) is 4.15. The lowest BCUT2D eigenvalue weighted by Crippen LogP contribution is -2.14. The van der Waals surface area contributed by atoms with E-state index in [0.717, 1.165) is 18.2 Å². The molecule has 2 aromatic rings. The molecule has 0 aromatic heterocycles. The van der Waals surface area contributed by atoms with Crippen molar-refractivity contribution in [3.63, 3.8) is 0 Å². The van der Waals surface area contributed by atoms with Gasteiger partial charge in [0.15, 0.2) is 0 Å². The number of sulfonamides is 1. The first-order chi connectivity index (χ1) is 9.79. The highest BCUT2D eigenvalue weighted by Gasteiger charge is 2.19. The molecular weight excluding hydrogens is 321 g/mol. The molecule has 5 nitrogen and oxygen atoms in total. The molecule has 0 atom stereocenters. The van der Waals surface area contributed by atoms with E-state index in [1.54, 1.807) is 0 Å². The van der Waals surface area contributed by atoms with Crippen molar-refractivity contribution in [2.45, 2.75) is 4.90 Å². The van der Waals surface area contributed by atoms with E-state index >= 15 is 0 Å². The second-order valence-electron chi connectivity index (χ2n) is 4.06. The maximum absolute atomic E-state index is 13.1. The number of anilines is 1. The zero-order valence-electron chi connectivity index (χ0n) is 10.4. The zero-order valence-corrected chi connectivity index (χ0v) is 12.0. The van der Waals surface area contributed by atoms with Gasteiger partial charge in [0, 0.05) is 5.69 Å². The van der Waals surface area contributed by atoms with Crippen LogP contribution in [0.25, 0.3) is 0 Å². The summed E-state index contributed by atoms with van der Waals surface area (Å²) in [5, 5.41) is 8.64. The quantitative estimate of drug-likeness (QED) is 0.903. The molecule has 21 heavy (non-hydrogen) atoms. The van der Waals surface area contributed by atoms with Crippen molar-refractivity contribution < 1.29 is 22.7 Å². The van der Waals surface area contributed by atoms with Crippen molar-refractivity contribution in [3.8, 4) is 0 Å². The number of rotatable bonds is 4. The summed E-state index contributed by atoms with van der Waals surface area (Å²) in [6.07, 6.45) is 0. The third kappa shape index (κ3) is 3.50. The third-order valence-electron chi connectivity index (χ3n) is 2.57. The van der Waals surface area contributed by atoms with Crippen LogP contribution in [0.1, 0.15) is 10.4 Å². The number of carbonyl (C=O) groups is 1. The minimum absolute atomic E-state index is 0.0155. The first-order valence-corrected chi connectivity index (χ1v) is 7.47. The lowest BCUT2D eigenvalue weighted by molar-refractivity contribution is 0.0697. The molecule has 0 saturated carbocycles. The first-order valence-electron chi connectivity index (χ1n) is 5.61. The number of aromatic carboxylic acids is 1. The van der Waals surface area contributed by atoms with Gasteiger partial charge in [-0.15, -0.1) is 0 Å². The number of benzene rings is 2. The summed E-state index contributed by atoms with van der Waals surface area (Å²) in [6, 6.07) is 8.04. The highest BCUT2D eigenvalue weighted by molar-refractivity contribution is 7.92. The predicted molar refractivity (Wildman–Crippen MR) is 75.6 cm³/mol. The highest BCUT2D eigenvalue weighted by atomic mass is 35.5. The molecule has 0 unspecified atom stereocenters. The van der Waals surface area contributed by atoms with Crippen LogP contribution < -0.4 is 4.72 Å². The van der Waals surface area contributed by atoms with Crippen molar-refractivity contribution in [2.24, 2.45) is 0 Å². The molecule has 0 heterocycles. The number of carboxylic acids is 1. The smallest absolute Gasteiger partial charge is 0.335 e. The number of hydrogen-bond donors (Lipinski definition) is 2. The third-order valence-corrected chi connectivity index (χ3v) is 4.43. The Morgan fingerprint density at radius 2 is 1.76 bits per heavy atom.